The number of ketones is 1. The van der Waals surface area contributed by atoms with Crippen LogP contribution in [0.25, 0.3) is 11.4 Å². The Morgan fingerprint density at radius 1 is 1.23 bits per heavy atom. The first-order chi connectivity index (χ1) is 12.5. The van der Waals surface area contributed by atoms with Crippen molar-refractivity contribution < 1.29 is 9.53 Å². The molecule has 26 heavy (non-hydrogen) atoms. The van der Waals surface area contributed by atoms with Crippen molar-refractivity contribution in [1.29, 1.82) is 0 Å². The van der Waals surface area contributed by atoms with Gasteiger partial charge in [0.15, 0.2) is 11.6 Å². The number of nitrogens with zero attached hydrogens (tertiary/aromatic N) is 2. The number of aryl methyl sites for hydroxylation is 1. The van der Waals surface area contributed by atoms with Gasteiger partial charge in [-0.1, -0.05) is 53.2 Å². The first-order valence-electron chi connectivity index (χ1n) is 8.02. The molecule has 0 saturated heterocycles. The Morgan fingerprint density at radius 2 is 1.96 bits per heavy atom. The predicted octanol–water partition coefficient (Wildman–Crippen LogP) is 4.81. The lowest BCUT2D eigenvalue weighted by molar-refractivity contribution is 0.0994. The van der Waals surface area contributed by atoms with Crippen LogP contribution in [-0.2, 0) is 0 Å². The highest BCUT2D eigenvalue weighted by Gasteiger charge is 2.19. The number of carbonyl (C=O) groups excluding carboxylic acids is 1. The van der Waals surface area contributed by atoms with Crippen LogP contribution < -0.4 is 4.74 Å². The fraction of sp³-hybridized carbons (Fsp3) is 0.211. The number of methoxy groups -OCH3 is 1. The summed E-state index contributed by atoms with van der Waals surface area (Å²) in [6.07, 6.45) is 0. The third-order valence-electron chi connectivity index (χ3n) is 3.87. The monoisotopic (exact) mass is 387 g/mol. The Bertz CT molecular complexity index is 925. The molecule has 1 aromatic heterocycles. The smallest absolute Gasteiger partial charge is 0.209 e. The molecule has 1 heterocycles. The first-order valence-corrected chi connectivity index (χ1v) is 9.27. The molecular weight excluding hydrogens is 370 g/mol. The van der Waals surface area contributed by atoms with Crippen molar-refractivity contribution in [3.8, 4) is 17.1 Å². The van der Waals surface area contributed by atoms with Gasteiger partial charge in [-0.2, -0.15) is 0 Å². The van der Waals surface area contributed by atoms with Crippen molar-refractivity contribution >= 4 is 29.1 Å². The molecule has 134 valence electrons. The van der Waals surface area contributed by atoms with E-state index >= 15 is 0 Å². The van der Waals surface area contributed by atoms with Crippen molar-refractivity contribution in [2.24, 2.45) is 0 Å². The summed E-state index contributed by atoms with van der Waals surface area (Å²) in [7, 11) is 1.58. The van der Waals surface area contributed by atoms with Gasteiger partial charge in [0, 0.05) is 10.6 Å². The van der Waals surface area contributed by atoms with E-state index in [-0.39, 0.29) is 11.0 Å². The molecule has 0 aliphatic rings. The maximum atomic E-state index is 12.6. The number of ether oxygens (including phenoxy) is 1. The van der Waals surface area contributed by atoms with Crippen LogP contribution in [0.3, 0.4) is 0 Å². The highest BCUT2D eigenvalue weighted by Crippen LogP contribution is 2.32. The molecule has 0 amide bonds. The van der Waals surface area contributed by atoms with E-state index in [9.17, 15) is 4.79 Å². The van der Waals surface area contributed by atoms with Crippen LogP contribution in [-0.4, -0.2) is 33.3 Å². The van der Waals surface area contributed by atoms with E-state index < -0.39 is 0 Å². The molecule has 5 nitrogen and oxygen atoms in total. The van der Waals surface area contributed by atoms with Crippen LogP contribution in [0.4, 0.5) is 0 Å². The number of H-pyrrole nitrogens is 1. The van der Waals surface area contributed by atoms with Crippen molar-refractivity contribution in [2.75, 3.05) is 7.11 Å². The normalized spacial score (nSPS) is 12.0. The van der Waals surface area contributed by atoms with Gasteiger partial charge < -0.3 is 4.74 Å². The molecule has 7 heteroatoms. The molecular formula is C19H18ClN3O2S. The van der Waals surface area contributed by atoms with Crippen molar-refractivity contribution in [3.63, 3.8) is 0 Å². The topological polar surface area (TPSA) is 67.9 Å². The van der Waals surface area contributed by atoms with Gasteiger partial charge in [0.05, 0.1) is 17.9 Å². The third-order valence-corrected chi connectivity index (χ3v) is 5.07. The van der Waals surface area contributed by atoms with Crippen molar-refractivity contribution in [1.82, 2.24) is 15.2 Å². The number of halogens is 1. The molecule has 0 fully saturated rings. The Hall–Kier alpha value is -2.31. The molecule has 0 aliphatic heterocycles. The summed E-state index contributed by atoms with van der Waals surface area (Å²) < 4.78 is 5.34. The summed E-state index contributed by atoms with van der Waals surface area (Å²) in [4.78, 5) is 17.0. The average molecular weight is 388 g/mol. The molecule has 0 saturated carbocycles. The summed E-state index contributed by atoms with van der Waals surface area (Å²) in [5, 5.41) is 7.86. The molecule has 3 aromatic rings. The van der Waals surface area contributed by atoms with E-state index in [4.69, 9.17) is 16.3 Å². The summed E-state index contributed by atoms with van der Waals surface area (Å²) in [6.45, 7) is 3.84. The van der Waals surface area contributed by atoms with Gasteiger partial charge in [-0.25, -0.2) is 4.98 Å². The molecule has 0 spiro atoms. The molecule has 0 radical (unpaired) electrons. The van der Waals surface area contributed by atoms with Gasteiger partial charge in [-0.15, -0.1) is 5.10 Å². The number of hydrogen-bond acceptors (Lipinski definition) is 5. The maximum Gasteiger partial charge on any atom is 0.209 e. The lowest BCUT2D eigenvalue weighted by Crippen LogP contribution is -2.13. The second kappa shape index (κ2) is 7.93. The number of thioether (sulfide) groups is 1. The van der Waals surface area contributed by atoms with Gasteiger partial charge >= 0.3 is 0 Å². The van der Waals surface area contributed by atoms with Crippen LogP contribution in [0.5, 0.6) is 5.75 Å². The number of rotatable bonds is 6. The summed E-state index contributed by atoms with van der Waals surface area (Å²) in [6, 6.07) is 12.8. The van der Waals surface area contributed by atoms with Crippen LogP contribution in [0.15, 0.2) is 47.6 Å². The fourth-order valence-electron chi connectivity index (χ4n) is 2.45. The number of Topliss-reactive ketones (excluding diaryl/α,β-unsaturated/α-hetero) is 1. The third kappa shape index (κ3) is 4.08. The predicted molar refractivity (Wildman–Crippen MR) is 104 cm³/mol. The molecule has 1 N–H and O–H groups in total. The standard InChI is InChI=1S/C19H18ClN3O2S/c1-11-4-6-13(7-5-11)17(24)12(2)26-19-21-18(22-23-19)15-10-14(20)8-9-16(15)25-3/h4-10,12H,1-3H3,(H,21,22,23)/t12-/m0/s1. The number of aromatic amines is 1. The summed E-state index contributed by atoms with van der Waals surface area (Å²) >= 11 is 7.37. The SMILES string of the molecule is COc1ccc(Cl)cc1-c1nc(S[C@@H](C)C(=O)c2ccc(C)cc2)n[nH]1. The van der Waals surface area contributed by atoms with E-state index in [0.29, 0.717) is 27.3 Å². The van der Waals surface area contributed by atoms with Crippen molar-refractivity contribution in [2.45, 2.75) is 24.3 Å². The zero-order valence-corrected chi connectivity index (χ0v) is 16.2. The molecule has 3 rings (SSSR count). The molecule has 1 atom stereocenters. The molecule has 0 bridgehead atoms. The zero-order chi connectivity index (χ0) is 18.7. The summed E-state index contributed by atoms with van der Waals surface area (Å²) in [5.74, 6) is 1.23. The Morgan fingerprint density at radius 3 is 2.65 bits per heavy atom. The quantitative estimate of drug-likeness (QED) is 0.485. The number of benzene rings is 2. The van der Waals surface area contributed by atoms with Crippen LogP contribution in [0.1, 0.15) is 22.8 Å². The maximum absolute atomic E-state index is 12.6. The molecule has 0 aliphatic carbocycles. The largest absolute Gasteiger partial charge is 0.496 e. The Kier molecular flexibility index (Phi) is 5.64. The van der Waals surface area contributed by atoms with Gasteiger partial charge in [0.25, 0.3) is 0 Å². The number of nitrogens with one attached hydrogen (secondary N) is 1. The van der Waals surface area contributed by atoms with Gasteiger partial charge in [-0.05, 0) is 32.0 Å². The lowest BCUT2D eigenvalue weighted by Gasteiger charge is -2.08. The number of hydrogen-bond donors (Lipinski definition) is 1. The second-order valence-corrected chi connectivity index (χ2v) is 7.55. The highest BCUT2D eigenvalue weighted by atomic mass is 35.5. The van der Waals surface area contributed by atoms with E-state index in [1.807, 2.05) is 38.1 Å². The van der Waals surface area contributed by atoms with Crippen LogP contribution >= 0.6 is 23.4 Å². The number of carbonyl (C=O) groups is 1. The van der Waals surface area contributed by atoms with Crippen LogP contribution in [0, 0.1) is 6.92 Å². The summed E-state index contributed by atoms with van der Waals surface area (Å²) in [5.41, 5.74) is 2.52. The number of aromatic nitrogens is 3. The van der Waals surface area contributed by atoms with Gasteiger partial charge in [0.2, 0.25) is 5.16 Å². The highest BCUT2D eigenvalue weighted by molar-refractivity contribution is 8.00. The molecule has 0 unspecified atom stereocenters. The Balaban J connectivity index is 1.77. The van der Waals surface area contributed by atoms with Gasteiger partial charge in [-0.3, -0.25) is 9.89 Å². The Labute approximate surface area is 161 Å². The molecule has 2 aromatic carbocycles. The lowest BCUT2D eigenvalue weighted by atomic mass is 10.1. The van der Waals surface area contributed by atoms with E-state index in [2.05, 4.69) is 15.2 Å². The first kappa shape index (κ1) is 18.5. The van der Waals surface area contributed by atoms with Crippen LogP contribution in [0.2, 0.25) is 5.02 Å². The van der Waals surface area contributed by atoms with E-state index in [1.54, 1.807) is 25.3 Å². The van der Waals surface area contributed by atoms with E-state index in [0.717, 1.165) is 11.1 Å². The fourth-order valence-corrected chi connectivity index (χ4v) is 3.42. The minimum atomic E-state index is -0.303. The average Bonchev–Trinajstić information content (AvgIpc) is 3.10. The zero-order valence-electron chi connectivity index (χ0n) is 14.6. The van der Waals surface area contributed by atoms with Gasteiger partial charge in [0.1, 0.15) is 5.75 Å². The second-order valence-electron chi connectivity index (χ2n) is 5.80. The minimum absolute atomic E-state index is 0.0432. The van der Waals surface area contributed by atoms with E-state index in [1.165, 1.54) is 11.8 Å². The van der Waals surface area contributed by atoms with Crippen molar-refractivity contribution in [3.05, 3.63) is 58.6 Å². The minimum Gasteiger partial charge on any atom is -0.496 e.